The lowest BCUT2D eigenvalue weighted by Gasteiger charge is -2.21. The normalized spacial score (nSPS) is 11.0. The predicted octanol–water partition coefficient (Wildman–Crippen LogP) is 4.46. The van der Waals surface area contributed by atoms with Crippen molar-refractivity contribution < 1.29 is 4.79 Å². The van der Waals surface area contributed by atoms with Crippen molar-refractivity contribution in [3.8, 4) is 0 Å². The Bertz CT molecular complexity index is 811. The first-order chi connectivity index (χ1) is 12.9. The Labute approximate surface area is 192 Å². The molecule has 1 amide bonds. The van der Waals surface area contributed by atoms with Gasteiger partial charge in [0.05, 0.1) is 34.5 Å². The minimum absolute atomic E-state index is 0. The number of guanidine groups is 1. The van der Waals surface area contributed by atoms with Crippen molar-refractivity contribution >= 4 is 64.5 Å². The Hall–Kier alpha value is -1.39. The number of thiazole rings is 1. The van der Waals surface area contributed by atoms with E-state index in [-0.39, 0.29) is 36.3 Å². The van der Waals surface area contributed by atoms with Crippen LogP contribution in [-0.4, -0.2) is 41.9 Å². The number of nitrogens with zero attached hydrogens (tertiary/aromatic N) is 3. The molecule has 0 saturated carbocycles. The smallest absolute Gasteiger partial charge is 0.226 e. The molecule has 6 nitrogen and oxygen atoms in total. The molecule has 0 saturated heterocycles. The zero-order valence-corrected chi connectivity index (χ0v) is 20.5. The van der Waals surface area contributed by atoms with E-state index in [0.717, 1.165) is 28.8 Å². The van der Waals surface area contributed by atoms with E-state index in [9.17, 15) is 4.79 Å². The van der Waals surface area contributed by atoms with E-state index in [1.807, 2.05) is 56.3 Å². The van der Waals surface area contributed by atoms with E-state index in [1.165, 1.54) is 0 Å². The van der Waals surface area contributed by atoms with Gasteiger partial charge < -0.3 is 15.5 Å². The molecule has 0 aliphatic carbocycles. The number of carbonyl (C=O) groups excluding carboxylic acids is 1. The Morgan fingerprint density at radius 1 is 1.36 bits per heavy atom. The SMILES string of the molecule is CCNC(=NCCC(=O)Nc1ccc(C)cc1Cl)N(C)Cc1csc(C)n1.I. The third-order valence-corrected chi connectivity index (χ3v) is 4.90. The summed E-state index contributed by atoms with van der Waals surface area (Å²) in [5, 5.41) is 9.72. The largest absolute Gasteiger partial charge is 0.357 e. The summed E-state index contributed by atoms with van der Waals surface area (Å²) in [6, 6.07) is 5.55. The van der Waals surface area contributed by atoms with Gasteiger partial charge in [0.1, 0.15) is 0 Å². The number of anilines is 1. The molecule has 154 valence electrons. The average molecular weight is 536 g/mol. The fraction of sp³-hybridized carbons (Fsp3) is 0.421. The molecule has 0 aliphatic heterocycles. The van der Waals surface area contributed by atoms with Gasteiger partial charge >= 0.3 is 0 Å². The molecule has 2 aromatic rings. The van der Waals surface area contributed by atoms with Gasteiger partial charge in [0.2, 0.25) is 5.91 Å². The van der Waals surface area contributed by atoms with Crippen LogP contribution in [0.25, 0.3) is 0 Å². The number of amides is 1. The van der Waals surface area contributed by atoms with Gasteiger partial charge in [0, 0.05) is 25.4 Å². The number of aryl methyl sites for hydroxylation is 2. The highest BCUT2D eigenvalue weighted by Crippen LogP contribution is 2.22. The summed E-state index contributed by atoms with van der Waals surface area (Å²) >= 11 is 7.79. The van der Waals surface area contributed by atoms with Gasteiger partial charge in [-0.2, -0.15) is 0 Å². The summed E-state index contributed by atoms with van der Waals surface area (Å²) in [4.78, 5) is 23.2. The molecule has 0 spiro atoms. The molecule has 2 N–H and O–H groups in total. The van der Waals surface area contributed by atoms with Gasteiger partial charge in [-0.15, -0.1) is 35.3 Å². The second-order valence-corrected chi connectivity index (χ2v) is 7.70. The lowest BCUT2D eigenvalue weighted by Crippen LogP contribution is -2.38. The van der Waals surface area contributed by atoms with E-state index in [2.05, 4.69) is 20.6 Å². The van der Waals surface area contributed by atoms with Crippen molar-refractivity contribution in [1.29, 1.82) is 0 Å². The first-order valence-electron chi connectivity index (χ1n) is 8.85. The van der Waals surface area contributed by atoms with Crippen LogP contribution >= 0.6 is 46.9 Å². The van der Waals surface area contributed by atoms with Crippen LogP contribution < -0.4 is 10.6 Å². The van der Waals surface area contributed by atoms with Crippen LogP contribution in [0.5, 0.6) is 0 Å². The number of aromatic nitrogens is 1. The van der Waals surface area contributed by atoms with Crippen LogP contribution in [0, 0.1) is 13.8 Å². The molecule has 0 atom stereocenters. The van der Waals surface area contributed by atoms with Crippen molar-refractivity contribution in [2.45, 2.75) is 33.7 Å². The van der Waals surface area contributed by atoms with Crippen molar-refractivity contribution in [2.24, 2.45) is 4.99 Å². The number of halogens is 2. The highest BCUT2D eigenvalue weighted by Gasteiger charge is 2.10. The third-order valence-electron chi connectivity index (χ3n) is 3.76. The predicted molar refractivity (Wildman–Crippen MR) is 129 cm³/mol. The molecule has 0 unspecified atom stereocenters. The first kappa shape index (κ1) is 24.6. The van der Waals surface area contributed by atoms with Crippen LogP contribution in [0.4, 0.5) is 5.69 Å². The molecule has 9 heteroatoms. The number of nitrogens with one attached hydrogen (secondary N) is 2. The maximum Gasteiger partial charge on any atom is 0.226 e. The second-order valence-electron chi connectivity index (χ2n) is 6.23. The summed E-state index contributed by atoms with van der Waals surface area (Å²) in [6.45, 7) is 7.77. The Balaban J connectivity index is 0.00000392. The van der Waals surface area contributed by atoms with Crippen molar-refractivity contribution in [2.75, 3.05) is 25.5 Å². The zero-order valence-electron chi connectivity index (χ0n) is 16.6. The minimum atomic E-state index is -0.113. The summed E-state index contributed by atoms with van der Waals surface area (Å²) in [5.74, 6) is 0.641. The fourth-order valence-corrected chi connectivity index (χ4v) is 3.35. The highest BCUT2D eigenvalue weighted by molar-refractivity contribution is 14.0. The Morgan fingerprint density at radius 2 is 2.11 bits per heavy atom. The standard InChI is InChI=1S/C19H26ClN5OS.HI/c1-5-21-19(25(4)11-15-12-27-14(3)23-15)22-9-8-18(26)24-17-7-6-13(2)10-16(17)20;/h6-7,10,12H,5,8-9,11H2,1-4H3,(H,21,22)(H,24,26);1H. The molecular weight excluding hydrogens is 509 g/mol. The third kappa shape index (κ3) is 7.92. The number of carbonyl (C=O) groups is 1. The molecule has 1 aromatic heterocycles. The first-order valence-corrected chi connectivity index (χ1v) is 10.1. The van der Waals surface area contributed by atoms with Crippen LogP contribution in [0.2, 0.25) is 5.02 Å². The summed E-state index contributed by atoms with van der Waals surface area (Å²) in [6.07, 6.45) is 0.281. The molecule has 1 aromatic carbocycles. The molecule has 0 bridgehead atoms. The van der Waals surface area contributed by atoms with Crippen LogP contribution in [0.1, 0.15) is 29.6 Å². The number of hydrogen-bond donors (Lipinski definition) is 2. The second kappa shape index (κ2) is 12.2. The number of benzene rings is 1. The lowest BCUT2D eigenvalue weighted by molar-refractivity contribution is -0.116. The van der Waals surface area contributed by atoms with Crippen LogP contribution in [0.3, 0.4) is 0 Å². The van der Waals surface area contributed by atoms with Gasteiger partial charge in [-0.1, -0.05) is 17.7 Å². The summed E-state index contributed by atoms with van der Waals surface area (Å²) < 4.78 is 0. The Kier molecular flexibility index (Phi) is 10.8. The highest BCUT2D eigenvalue weighted by atomic mass is 127. The molecular formula is C19H27ClIN5OS. The summed E-state index contributed by atoms with van der Waals surface area (Å²) in [5.41, 5.74) is 2.69. The van der Waals surface area contributed by atoms with Gasteiger partial charge in [0.15, 0.2) is 5.96 Å². The van der Waals surface area contributed by atoms with Gasteiger partial charge in [-0.25, -0.2) is 4.98 Å². The van der Waals surface area contributed by atoms with E-state index in [1.54, 1.807) is 11.3 Å². The minimum Gasteiger partial charge on any atom is -0.357 e. The molecule has 0 fully saturated rings. The van der Waals surface area contributed by atoms with Gasteiger partial charge in [0.25, 0.3) is 0 Å². The molecule has 1 heterocycles. The van der Waals surface area contributed by atoms with E-state index >= 15 is 0 Å². The number of aliphatic imine (C=N–C) groups is 1. The van der Waals surface area contributed by atoms with Crippen LogP contribution in [0.15, 0.2) is 28.6 Å². The Morgan fingerprint density at radius 3 is 2.71 bits per heavy atom. The van der Waals surface area contributed by atoms with E-state index < -0.39 is 0 Å². The quantitative estimate of drug-likeness (QED) is 0.312. The van der Waals surface area contributed by atoms with Crippen molar-refractivity contribution in [3.05, 3.63) is 44.9 Å². The lowest BCUT2D eigenvalue weighted by atomic mass is 10.2. The number of hydrogen-bond acceptors (Lipinski definition) is 4. The van der Waals surface area contributed by atoms with E-state index in [0.29, 0.717) is 23.8 Å². The van der Waals surface area contributed by atoms with E-state index in [4.69, 9.17) is 11.6 Å². The van der Waals surface area contributed by atoms with Crippen LogP contribution in [-0.2, 0) is 11.3 Å². The summed E-state index contributed by atoms with van der Waals surface area (Å²) in [7, 11) is 1.96. The topological polar surface area (TPSA) is 69.6 Å². The molecule has 0 radical (unpaired) electrons. The maximum atomic E-state index is 12.2. The average Bonchev–Trinajstić information content (AvgIpc) is 3.01. The molecule has 0 aliphatic rings. The van der Waals surface area contributed by atoms with Gasteiger partial charge in [-0.3, -0.25) is 9.79 Å². The van der Waals surface area contributed by atoms with Crippen molar-refractivity contribution in [1.82, 2.24) is 15.2 Å². The van der Waals surface area contributed by atoms with Crippen molar-refractivity contribution in [3.63, 3.8) is 0 Å². The molecule has 2 rings (SSSR count). The maximum absolute atomic E-state index is 12.2. The van der Waals surface area contributed by atoms with Gasteiger partial charge in [-0.05, 0) is 38.5 Å². The monoisotopic (exact) mass is 535 g/mol. The fourth-order valence-electron chi connectivity index (χ4n) is 2.47. The number of rotatable bonds is 7. The zero-order chi connectivity index (χ0) is 19.8. The molecule has 28 heavy (non-hydrogen) atoms.